The van der Waals surface area contributed by atoms with Crippen molar-refractivity contribution < 1.29 is 48.3 Å². The predicted molar refractivity (Wildman–Crippen MR) is 252 cm³/mol. The fraction of sp³-hybridized carbons (Fsp3) is 0.538. The lowest BCUT2D eigenvalue weighted by molar-refractivity contribution is -0.255. The molecule has 4 aliphatic rings. The van der Waals surface area contributed by atoms with Crippen LogP contribution in [0.4, 0.5) is 4.79 Å². The molecule has 3 aromatic carbocycles. The maximum atomic E-state index is 14.6. The first kappa shape index (κ1) is 48.6. The first-order chi connectivity index (χ1) is 31.9. The summed E-state index contributed by atoms with van der Waals surface area (Å²) in [6, 6.07) is 23.3. The van der Waals surface area contributed by atoms with Gasteiger partial charge >= 0.3 is 6.09 Å². The SMILES string of the molecule is C=CCOC12Oc3ccc(Oc4ccc(SC)cc4)cc3C3C(CCCCO)C(CCCCO)C=C(C(=NOC4CCCCO4)CC1N(CCC)C(=O)OCCOCc1ccccc1)C32. The Morgan fingerprint density at radius 3 is 2.49 bits per heavy atom. The number of hydrogen-bond acceptors (Lipinski definition) is 12. The lowest BCUT2D eigenvalue weighted by Crippen LogP contribution is -2.70. The Balaban J connectivity index is 1.34. The highest BCUT2D eigenvalue weighted by molar-refractivity contribution is 7.98. The van der Waals surface area contributed by atoms with E-state index in [4.69, 9.17) is 38.4 Å². The number of allylic oxidation sites excluding steroid dienone is 1. The fourth-order valence-electron chi connectivity index (χ4n) is 10.1. The van der Waals surface area contributed by atoms with Crippen molar-refractivity contribution in [2.45, 2.75) is 113 Å². The predicted octanol–water partition coefficient (Wildman–Crippen LogP) is 10.4. The van der Waals surface area contributed by atoms with E-state index in [2.05, 4.69) is 25.0 Å². The number of hydrogen-bond donors (Lipinski definition) is 2. The van der Waals surface area contributed by atoms with Gasteiger partial charge in [-0.25, -0.2) is 4.79 Å². The van der Waals surface area contributed by atoms with Crippen LogP contribution in [0, 0.1) is 17.8 Å². The van der Waals surface area contributed by atoms with Gasteiger partial charge in [0.25, 0.3) is 0 Å². The lowest BCUT2D eigenvalue weighted by Gasteiger charge is -2.60. The van der Waals surface area contributed by atoms with Crippen LogP contribution in [0.25, 0.3) is 0 Å². The number of unbranched alkanes of at least 4 members (excludes halogenated alkanes) is 2. The van der Waals surface area contributed by atoms with Crippen LogP contribution in [0.5, 0.6) is 17.2 Å². The second kappa shape index (κ2) is 24.4. The summed E-state index contributed by atoms with van der Waals surface area (Å²) in [5.74, 6) is 0.135. The molecule has 2 heterocycles. The summed E-state index contributed by atoms with van der Waals surface area (Å²) in [4.78, 5) is 23.8. The highest BCUT2D eigenvalue weighted by Gasteiger charge is 2.65. The average Bonchev–Trinajstić information content (AvgIpc) is 3.34. The van der Waals surface area contributed by atoms with Crippen molar-refractivity contribution in [3.63, 3.8) is 0 Å². The van der Waals surface area contributed by atoms with Gasteiger partial charge in [-0.05, 0) is 117 Å². The summed E-state index contributed by atoms with van der Waals surface area (Å²) in [6.07, 6.45) is 13.4. The summed E-state index contributed by atoms with van der Waals surface area (Å²) < 4.78 is 39.0. The van der Waals surface area contributed by atoms with Gasteiger partial charge in [0.2, 0.25) is 12.1 Å². The van der Waals surface area contributed by atoms with Crippen LogP contribution in [0.3, 0.4) is 0 Å². The molecule has 0 radical (unpaired) electrons. The maximum Gasteiger partial charge on any atom is 0.410 e. The molecule has 352 valence electrons. The van der Waals surface area contributed by atoms with Gasteiger partial charge in [0.15, 0.2) is 0 Å². The van der Waals surface area contributed by atoms with Crippen molar-refractivity contribution in [2.24, 2.45) is 22.9 Å². The van der Waals surface area contributed by atoms with Crippen LogP contribution in [-0.2, 0) is 30.4 Å². The second-order valence-electron chi connectivity index (χ2n) is 17.3. The van der Waals surface area contributed by atoms with E-state index in [1.54, 1.807) is 22.7 Å². The zero-order chi connectivity index (χ0) is 45.4. The van der Waals surface area contributed by atoms with Crippen LogP contribution >= 0.6 is 11.8 Å². The molecule has 1 saturated carbocycles. The summed E-state index contributed by atoms with van der Waals surface area (Å²) in [7, 11) is 0. The molecule has 3 aromatic rings. The molecule has 7 rings (SSSR count). The number of oxime groups is 1. The summed E-state index contributed by atoms with van der Waals surface area (Å²) in [5, 5.41) is 24.9. The monoisotopic (exact) mass is 912 g/mol. The highest BCUT2D eigenvalue weighted by atomic mass is 32.2. The lowest BCUT2D eigenvalue weighted by atomic mass is 9.55. The molecule has 65 heavy (non-hydrogen) atoms. The third kappa shape index (κ3) is 12.0. The number of ether oxygens (including phenoxy) is 6. The molecule has 12 nitrogen and oxygen atoms in total. The summed E-state index contributed by atoms with van der Waals surface area (Å²) >= 11 is 1.68. The topological polar surface area (TPSA) is 138 Å². The smallest absolute Gasteiger partial charge is 0.410 e. The molecular weight excluding hydrogens is 845 g/mol. The van der Waals surface area contributed by atoms with E-state index in [9.17, 15) is 15.0 Å². The number of benzene rings is 3. The molecule has 2 aliphatic heterocycles. The van der Waals surface area contributed by atoms with Gasteiger partial charge in [-0.2, -0.15) is 0 Å². The van der Waals surface area contributed by atoms with Crippen LogP contribution in [0.15, 0.2) is 107 Å². The molecule has 2 N–H and O–H groups in total. The van der Waals surface area contributed by atoms with Gasteiger partial charge in [-0.3, -0.25) is 4.90 Å². The van der Waals surface area contributed by atoms with Gasteiger partial charge in [-0.15, -0.1) is 18.3 Å². The number of carbonyl (C=O) groups is 1. The maximum absolute atomic E-state index is 14.6. The van der Waals surface area contributed by atoms with Crippen LogP contribution in [0.1, 0.15) is 94.6 Å². The molecule has 0 bridgehead atoms. The van der Waals surface area contributed by atoms with Gasteiger partial charge in [-0.1, -0.05) is 67.4 Å². The minimum atomic E-state index is -1.41. The van der Waals surface area contributed by atoms with Crippen LogP contribution in [0.2, 0.25) is 0 Å². The largest absolute Gasteiger partial charge is 0.459 e. The molecule has 0 aromatic heterocycles. The molecule has 13 heteroatoms. The summed E-state index contributed by atoms with van der Waals surface area (Å²) in [6.45, 7) is 8.15. The number of aliphatic hydroxyl groups excluding tert-OH is 2. The van der Waals surface area contributed by atoms with Crippen molar-refractivity contribution in [1.29, 1.82) is 0 Å². The minimum Gasteiger partial charge on any atom is -0.459 e. The highest BCUT2D eigenvalue weighted by Crippen LogP contribution is 2.62. The first-order valence-corrected chi connectivity index (χ1v) is 24.9. The Morgan fingerprint density at radius 2 is 1.77 bits per heavy atom. The van der Waals surface area contributed by atoms with E-state index < -0.39 is 30.1 Å². The number of carbonyl (C=O) groups excluding carboxylic acids is 1. The molecule has 7 atom stereocenters. The Morgan fingerprint density at radius 1 is 0.985 bits per heavy atom. The van der Waals surface area contributed by atoms with E-state index in [1.165, 1.54) is 0 Å². The minimum absolute atomic E-state index is 0.0638. The first-order valence-electron chi connectivity index (χ1n) is 23.7. The van der Waals surface area contributed by atoms with Crippen molar-refractivity contribution in [3.05, 3.63) is 108 Å². The van der Waals surface area contributed by atoms with Crippen LogP contribution in [-0.4, -0.2) is 97.5 Å². The van der Waals surface area contributed by atoms with Gasteiger partial charge in [0.05, 0.1) is 38.1 Å². The van der Waals surface area contributed by atoms with Crippen molar-refractivity contribution >= 4 is 23.6 Å². The van der Waals surface area contributed by atoms with Gasteiger partial charge < -0.3 is 43.5 Å². The zero-order valence-electron chi connectivity index (χ0n) is 38.2. The number of fused-ring (bicyclic) bond motifs is 2. The van der Waals surface area contributed by atoms with E-state index in [1.807, 2.05) is 73.7 Å². The average molecular weight is 913 g/mol. The molecule has 1 amide bonds. The Bertz CT molecular complexity index is 2030. The Labute approximate surface area is 389 Å². The van der Waals surface area contributed by atoms with E-state index in [-0.39, 0.29) is 57.2 Å². The number of amides is 1. The van der Waals surface area contributed by atoms with E-state index in [0.717, 1.165) is 72.3 Å². The third-order valence-electron chi connectivity index (χ3n) is 13.0. The quantitative estimate of drug-likeness (QED) is 0.0384. The summed E-state index contributed by atoms with van der Waals surface area (Å²) in [5.41, 5.74) is 3.69. The Hall–Kier alpha value is -4.37. The van der Waals surface area contributed by atoms with Crippen molar-refractivity contribution in [3.8, 4) is 17.2 Å². The van der Waals surface area contributed by atoms with Gasteiger partial charge in [0, 0.05) is 49.0 Å². The number of thioether (sulfide) groups is 1. The zero-order valence-corrected chi connectivity index (χ0v) is 39.0. The van der Waals surface area contributed by atoms with E-state index >= 15 is 0 Å². The molecule has 1 saturated heterocycles. The number of rotatable bonds is 24. The molecule has 2 aliphatic carbocycles. The van der Waals surface area contributed by atoms with Crippen LogP contribution < -0.4 is 9.47 Å². The molecular formula is C52H68N2O10S. The Kier molecular flexibility index (Phi) is 18.2. The number of nitrogens with zero attached hydrogens (tertiary/aromatic N) is 2. The van der Waals surface area contributed by atoms with E-state index in [0.29, 0.717) is 56.2 Å². The molecule has 0 spiro atoms. The van der Waals surface area contributed by atoms with Crippen molar-refractivity contribution in [1.82, 2.24) is 4.90 Å². The number of aliphatic hydroxyl groups is 2. The van der Waals surface area contributed by atoms with Gasteiger partial charge in [0.1, 0.15) is 29.9 Å². The normalized spacial score (nSPS) is 25.1. The second-order valence-corrected chi connectivity index (χ2v) is 18.2. The standard InChI is InChI=1S/C52H68N2O10S/c1-4-26-54(51(57)60-32-31-58-36-37-15-7-6-8-16-37)47-35-45(53-64-48-19-11-14-30-59-48)43-33-38(17-9-12-27-55)42(18-10-13-28-56)49-44-34-40(62-39-20-23-41(65-3)24-21-39)22-25-46(44)63-52(47,50(43)49)61-29-5-2/h5-8,15-16,20-25,33-34,38,42,47-50,55-56H,2,4,9-14,17-19,26-32,35-36H2,1,3H3. The molecule has 2 fully saturated rings. The van der Waals surface area contributed by atoms with Crippen molar-refractivity contribution in [2.75, 3.05) is 52.4 Å². The molecule has 7 unspecified atom stereocenters. The third-order valence-corrected chi connectivity index (χ3v) is 13.7. The fourth-order valence-corrected chi connectivity index (χ4v) is 10.5.